The Morgan fingerprint density at radius 1 is 1.17 bits per heavy atom. The quantitative estimate of drug-likeness (QED) is 0.727. The summed E-state index contributed by atoms with van der Waals surface area (Å²) in [6.45, 7) is 3.08. The molecule has 0 unspecified atom stereocenters. The number of amides is 1. The van der Waals surface area contributed by atoms with E-state index in [4.69, 9.17) is 9.84 Å². The second-order valence-corrected chi connectivity index (χ2v) is 5.36. The third kappa shape index (κ3) is 5.39. The molecule has 6 nitrogen and oxygen atoms in total. The van der Waals surface area contributed by atoms with Crippen molar-refractivity contribution in [3.8, 4) is 5.75 Å². The molecule has 1 aromatic heterocycles. The van der Waals surface area contributed by atoms with Gasteiger partial charge in [-0.3, -0.25) is 9.78 Å². The summed E-state index contributed by atoms with van der Waals surface area (Å²) in [7, 11) is 0. The van der Waals surface area contributed by atoms with E-state index in [1.54, 1.807) is 0 Å². The first-order valence-electron chi connectivity index (χ1n) is 7.73. The van der Waals surface area contributed by atoms with Gasteiger partial charge >= 0.3 is 5.97 Å². The molecular formula is C18H20N2O4. The molecule has 0 saturated heterocycles. The summed E-state index contributed by atoms with van der Waals surface area (Å²) >= 11 is 0. The number of carboxylic acid groups (broad SMARTS) is 1. The van der Waals surface area contributed by atoms with Gasteiger partial charge in [-0.1, -0.05) is 17.7 Å². The zero-order valence-electron chi connectivity index (χ0n) is 13.5. The molecule has 126 valence electrons. The third-order valence-electron chi connectivity index (χ3n) is 3.39. The molecule has 0 radical (unpaired) electrons. The largest absolute Gasteiger partial charge is 0.494 e. The van der Waals surface area contributed by atoms with Gasteiger partial charge in [-0.15, -0.1) is 0 Å². The molecule has 0 atom stereocenters. The van der Waals surface area contributed by atoms with Crippen molar-refractivity contribution in [2.24, 2.45) is 0 Å². The van der Waals surface area contributed by atoms with Gasteiger partial charge in [-0.25, -0.2) is 4.79 Å². The highest BCUT2D eigenvalue weighted by atomic mass is 16.5. The molecule has 0 fully saturated rings. The van der Waals surface area contributed by atoms with Crippen molar-refractivity contribution in [1.29, 1.82) is 0 Å². The molecule has 0 aliphatic heterocycles. The Morgan fingerprint density at radius 2 is 1.92 bits per heavy atom. The lowest BCUT2D eigenvalue weighted by molar-refractivity contribution is 0.0696. The number of nitrogens with zero attached hydrogens (tertiary/aromatic N) is 1. The second-order valence-electron chi connectivity index (χ2n) is 5.36. The van der Waals surface area contributed by atoms with E-state index in [1.165, 1.54) is 23.9 Å². The molecule has 2 N–H and O–H groups in total. The number of benzene rings is 1. The van der Waals surface area contributed by atoms with E-state index in [2.05, 4.69) is 10.3 Å². The molecule has 24 heavy (non-hydrogen) atoms. The molecule has 0 bridgehead atoms. The van der Waals surface area contributed by atoms with Crippen LogP contribution < -0.4 is 10.1 Å². The van der Waals surface area contributed by atoms with Crippen LogP contribution in [0.1, 0.15) is 39.3 Å². The van der Waals surface area contributed by atoms with Crippen molar-refractivity contribution >= 4 is 11.9 Å². The number of carbonyl (C=O) groups is 2. The minimum atomic E-state index is -1.08. The zero-order valence-corrected chi connectivity index (χ0v) is 13.5. The van der Waals surface area contributed by atoms with Crippen LogP contribution in [0.25, 0.3) is 0 Å². The first-order valence-corrected chi connectivity index (χ1v) is 7.73. The third-order valence-corrected chi connectivity index (χ3v) is 3.39. The van der Waals surface area contributed by atoms with E-state index < -0.39 is 5.97 Å². The first kappa shape index (κ1) is 17.5. The molecule has 1 amide bonds. The van der Waals surface area contributed by atoms with Crippen molar-refractivity contribution in [3.05, 3.63) is 59.4 Å². The van der Waals surface area contributed by atoms with E-state index in [0.717, 1.165) is 18.6 Å². The van der Waals surface area contributed by atoms with E-state index in [1.807, 2.05) is 31.2 Å². The fourth-order valence-electron chi connectivity index (χ4n) is 2.03. The maximum Gasteiger partial charge on any atom is 0.335 e. The maximum absolute atomic E-state index is 11.9. The molecule has 1 heterocycles. The van der Waals surface area contributed by atoms with Gasteiger partial charge in [0.05, 0.1) is 12.2 Å². The number of pyridine rings is 1. The minimum absolute atomic E-state index is 0.0432. The molecule has 1 aromatic carbocycles. The van der Waals surface area contributed by atoms with Crippen molar-refractivity contribution in [2.45, 2.75) is 19.8 Å². The summed E-state index contributed by atoms with van der Waals surface area (Å²) in [5, 5.41) is 11.6. The molecule has 6 heteroatoms. The highest BCUT2D eigenvalue weighted by Gasteiger charge is 2.10. The molecule has 0 saturated carbocycles. The Morgan fingerprint density at radius 3 is 2.62 bits per heavy atom. The van der Waals surface area contributed by atoms with Crippen LogP contribution in [0, 0.1) is 6.92 Å². The number of nitrogens with one attached hydrogen (secondary N) is 1. The molecule has 0 aliphatic carbocycles. The van der Waals surface area contributed by atoms with Gasteiger partial charge in [-0.2, -0.15) is 0 Å². The average molecular weight is 328 g/mol. The molecule has 0 spiro atoms. The number of carbonyl (C=O) groups excluding carboxylic acids is 1. The number of aryl methyl sites for hydroxylation is 1. The van der Waals surface area contributed by atoms with E-state index >= 15 is 0 Å². The van der Waals surface area contributed by atoms with Crippen molar-refractivity contribution in [2.75, 3.05) is 13.2 Å². The van der Waals surface area contributed by atoms with E-state index in [-0.39, 0.29) is 17.2 Å². The zero-order chi connectivity index (χ0) is 17.4. The lowest BCUT2D eigenvalue weighted by Crippen LogP contribution is -2.25. The van der Waals surface area contributed by atoms with Crippen LogP contribution >= 0.6 is 0 Å². The van der Waals surface area contributed by atoms with Gasteiger partial charge < -0.3 is 15.2 Å². The lowest BCUT2D eigenvalue weighted by atomic mass is 10.2. The van der Waals surface area contributed by atoms with Gasteiger partial charge in [0.2, 0.25) is 0 Å². The van der Waals surface area contributed by atoms with Crippen LogP contribution in [0.3, 0.4) is 0 Å². The standard InChI is InChI=1S/C18H20N2O4/c1-13-4-6-15(7-5-13)24-11-3-2-9-20-17(21)16-12-14(18(22)23)8-10-19-16/h4-8,10,12H,2-3,9,11H2,1H3,(H,20,21)(H,22,23). The van der Waals surface area contributed by atoms with E-state index in [9.17, 15) is 9.59 Å². The molecule has 2 aromatic rings. The number of ether oxygens (including phenoxy) is 1. The SMILES string of the molecule is Cc1ccc(OCCCCNC(=O)c2cc(C(=O)O)ccn2)cc1. The average Bonchev–Trinajstić information content (AvgIpc) is 2.59. The van der Waals surface area contributed by atoms with Crippen molar-refractivity contribution in [1.82, 2.24) is 10.3 Å². The predicted molar refractivity (Wildman–Crippen MR) is 89.4 cm³/mol. The summed E-state index contributed by atoms with van der Waals surface area (Å²) in [6.07, 6.45) is 2.88. The van der Waals surface area contributed by atoms with Gasteiger partial charge in [-0.05, 0) is 44.0 Å². The Bertz CT molecular complexity index is 698. The highest BCUT2D eigenvalue weighted by Crippen LogP contribution is 2.11. The number of aromatic nitrogens is 1. The Hall–Kier alpha value is -2.89. The van der Waals surface area contributed by atoms with Gasteiger partial charge in [0.25, 0.3) is 5.91 Å². The minimum Gasteiger partial charge on any atom is -0.494 e. The molecule has 2 rings (SSSR count). The monoisotopic (exact) mass is 328 g/mol. The summed E-state index contributed by atoms with van der Waals surface area (Å²) in [5.74, 6) is -0.628. The summed E-state index contributed by atoms with van der Waals surface area (Å²) < 4.78 is 5.60. The van der Waals surface area contributed by atoms with Crippen LogP contribution in [0.4, 0.5) is 0 Å². The number of carboxylic acids is 1. The number of rotatable bonds is 8. The van der Waals surface area contributed by atoms with Crippen LogP contribution in [0.2, 0.25) is 0 Å². The van der Waals surface area contributed by atoms with Crippen LogP contribution in [0.5, 0.6) is 5.75 Å². The summed E-state index contributed by atoms with van der Waals surface area (Å²) in [4.78, 5) is 26.7. The van der Waals surface area contributed by atoms with Crippen LogP contribution in [0.15, 0.2) is 42.6 Å². The summed E-state index contributed by atoms with van der Waals surface area (Å²) in [5.41, 5.74) is 1.33. The smallest absolute Gasteiger partial charge is 0.335 e. The van der Waals surface area contributed by atoms with Crippen molar-refractivity contribution in [3.63, 3.8) is 0 Å². The first-order chi connectivity index (χ1) is 11.6. The van der Waals surface area contributed by atoms with E-state index in [0.29, 0.717) is 13.2 Å². The normalized spacial score (nSPS) is 10.2. The fraction of sp³-hybridized carbons (Fsp3) is 0.278. The Labute approximate surface area is 140 Å². The number of unbranched alkanes of at least 4 members (excludes halogenated alkanes) is 1. The molecular weight excluding hydrogens is 308 g/mol. The fourth-order valence-corrected chi connectivity index (χ4v) is 2.03. The van der Waals surface area contributed by atoms with Crippen LogP contribution in [-0.2, 0) is 0 Å². The Kier molecular flexibility index (Phi) is 6.31. The maximum atomic E-state index is 11.9. The van der Waals surface area contributed by atoms with Crippen molar-refractivity contribution < 1.29 is 19.4 Å². The highest BCUT2D eigenvalue weighted by molar-refractivity contribution is 5.95. The van der Waals surface area contributed by atoms with Gasteiger partial charge in [0, 0.05) is 12.7 Å². The topological polar surface area (TPSA) is 88.5 Å². The number of hydrogen-bond acceptors (Lipinski definition) is 4. The lowest BCUT2D eigenvalue weighted by Gasteiger charge is -2.07. The van der Waals surface area contributed by atoms with Crippen LogP contribution in [-0.4, -0.2) is 35.1 Å². The molecule has 0 aliphatic rings. The number of hydrogen-bond donors (Lipinski definition) is 2. The second kappa shape index (κ2) is 8.67. The predicted octanol–water partition coefficient (Wildman–Crippen LogP) is 2.68. The van der Waals surface area contributed by atoms with Gasteiger partial charge in [0.1, 0.15) is 11.4 Å². The Balaban J connectivity index is 1.66. The number of aromatic carboxylic acids is 1. The van der Waals surface area contributed by atoms with Gasteiger partial charge in [0.15, 0.2) is 0 Å². The summed E-state index contributed by atoms with van der Waals surface area (Å²) in [6, 6.07) is 10.5.